The lowest BCUT2D eigenvalue weighted by molar-refractivity contribution is 0.209. The topological polar surface area (TPSA) is 38.7 Å². The van der Waals surface area contributed by atoms with E-state index < -0.39 is 6.10 Å². The Hall–Kier alpha value is -3.04. The monoisotopic (exact) mass is 430 g/mol. The van der Waals surface area contributed by atoms with Crippen LogP contribution in [0.2, 0.25) is 0 Å². The summed E-state index contributed by atoms with van der Waals surface area (Å²) in [6.07, 6.45) is 8.86. The number of rotatable bonds is 13. The van der Waals surface area contributed by atoms with Gasteiger partial charge in [-0.2, -0.15) is 0 Å². The number of aliphatic hydroxyl groups excluding tert-OH is 1. The van der Waals surface area contributed by atoms with Gasteiger partial charge in [0.25, 0.3) is 0 Å². The van der Waals surface area contributed by atoms with Gasteiger partial charge in [0.1, 0.15) is 13.2 Å². The van der Waals surface area contributed by atoms with Crippen LogP contribution in [0.4, 0.5) is 0 Å². The first kappa shape index (κ1) is 23.6. The van der Waals surface area contributed by atoms with E-state index in [9.17, 15) is 5.11 Å². The van der Waals surface area contributed by atoms with E-state index in [2.05, 4.69) is 6.92 Å². The molecule has 0 aliphatic heterocycles. The fourth-order valence-corrected chi connectivity index (χ4v) is 3.43. The molecule has 0 saturated heterocycles. The largest absolute Gasteiger partial charge is 0.485 e. The minimum atomic E-state index is -0.422. The van der Waals surface area contributed by atoms with Gasteiger partial charge in [-0.1, -0.05) is 111 Å². The van der Waals surface area contributed by atoms with Crippen LogP contribution < -0.4 is 9.47 Å². The van der Waals surface area contributed by atoms with Gasteiger partial charge in [-0.25, -0.2) is 0 Å². The highest BCUT2D eigenvalue weighted by molar-refractivity contribution is 5.56. The van der Waals surface area contributed by atoms with Gasteiger partial charge in [0.05, 0.1) is 6.10 Å². The minimum absolute atomic E-state index is 0.422. The Labute approximate surface area is 192 Å². The van der Waals surface area contributed by atoms with Crippen molar-refractivity contribution in [3.63, 3.8) is 0 Å². The summed E-state index contributed by atoms with van der Waals surface area (Å²) >= 11 is 0. The summed E-state index contributed by atoms with van der Waals surface area (Å²) in [6.45, 7) is 3.14. The summed E-state index contributed by atoms with van der Waals surface area (Å²) in [5.74, 6) is 1.41. The first-order valence-corrected chi connectivity index (χ1v) is 11.6. The lowest BCUT2D eigenvalue weighted by Crippen LogP contribution is -2.02. The first-order chi connectivity index (χ1) is 15.7. The molecule has 3 rings (SSSR count). The lowest BCUT2D eigenvalue weighted by atomic mass is 10.1. The number of aliphatic hydroxyl groups is 1. The Morgan fingerprint density at radius 1 is 0.750 bits per heavy atom. The average molecular weight is 431 g/mol. The second-order valence-electron chi connectivity index (χ2n) is 8.03. The molecule has 0 radical (unpaired) electrons. The number of hydrogen-bond acceptors (Lipinski definition) is 3. The van der Waals surface area contributed by atoms with Crippen LogP contribution in [-0.4, -0.2) is 11.2 Å². The molecule has 0 aliphatic carbocycles. The number of unbranched alkanes of at least 4 members (excludes halogenated alkanes) is 3. The van der Waals surface area contributed by atoms with E-state index in [-0.39, 0.29) is 0 Å². The maximum Gasteiger partial charge on any atom is 0.162 e. The van der Waals surface area contributed by atoms with Crippen molar-refractivity contribution in [2.24, 2.45) is 0 Å². The van der Waals surface area contributed by atoms with E-state index in [1.165, 1.54) is 19.3 Å². The third-order valence-electron chi connectivity index (χ3n) is 5.31. The van der Waals surface area contributed by atoms with E-state index in [4.69, 9.17) is 9.47 Å². The van der Waals surface area contributed by atoms with Gasteiger partial charge in [0, 0.05) is 0 Å². The Balaban J connectivity index is 1.67. The molecular formula is C29H34O3. The lowest BCUT2D eigenvalue weighted by Gasteiger charge is -2.14. The highest BCUT2D eigenvalue weighted by Crippen LogP contribution is 2.30. The van der Waals surface area contributed by atoms with Crippen molar-refractivity contribution in [2.45, 2.75) is 58.3 Å². The van der Waals surface area contributed by atoms with Crippen LogP contribution in [0.3, 0.4) is 0 Å². The molecule has 3 nitrogen and oxygen atoms in total. The van der Waals surface area contributed by atoms with Crippen molar-refractivity contribution in [3.05, 3.63) is 102 Å². The van der Waals surface area contributed by atoms with Crippen LogP contribution in [-0.2, 0) is 13.2 Å². The van der Waals surface area contributed by atoms with Crippen molar-refractivity contribution in [1.82, 2.24) is 0 Å². The summed E-state index contributed by atoms with van der Waals surface area (Å²) in [5.41, 5.74) is 3.19. The smallest absolute Gasteiger partial charge is 0.162 e. The predicted octanol–water partition coefficient (Wildman–Crippen LogP) is 7.19. The molecule has 0 fully saturated rings. The number of ether oxygens (including phenoxy) is 2. The van der Waals surface area contributed by atoms with E-state index in [1.54, 1.807) is 0 Å². The zero-order chi connectivity index (χ0) is 22.4. The molecule has 3 aromatic rings. The average Bonchev–Trinajstić information content (AvgIpc) is 2.84. The Morgan fingerprint density at radius 3 is 2.00 bits per heavy atom. The highest BCUT2D eigenvalue weighted by atomic mass is 16.5. The van der Waals surface area contributed by atoms with Gasteiger partial charge < -0.3 is 14.6 Å². The van der Waals surface area contributed by atoms with Gasteiger partial charge in [0.15, 0.2) is 11.5 Å². The van der Waals surface area contributed by atoms with E-state index in [0.29, 0.717) is 24.7 Å². The quantitative estimate of drug-likeness (QED) is 0.292. The molecular weight excluding hydrogens is 396 g/mol. The molecule has 32 heavy (non-hydrogen) atoms. The summed E-state index contributed by atoms with van der Waals surface area (Å²) in [4.78, 5) is 0. The van der Waals surface area contributed by atoms with Crippen molar-refractivity contribution < 1.29 is 14.6 Å². The molecule has 1 unspecified atom stereocenters. The van der Waals surface area contributed by atoms with Crippen LogP contribution in [0, 0.1) is 0 Å². The molecule has 0 spiro atoms. The second kappa shape index (κ2) is 13.4. The summed E-state index contributed by atoms with van der Waals surface area (Å²) in [6, 6.07) is 26.1. The van der Waals surface area contributed by atoms with Gasteiger partial charge in [-0.05, 0) is 35.2 Å². The number of benzene rings is 3. The zero-order valence-corrected chi connectivity index (χ0v) is 19.0. The van der Waals surface area contributed by atoms with Gasteiger partial charge in [-0.15, -0.1) is 0 Å². The Kier molecular flexibility index (Phi) is 9.88. The second-order valence-corrected chi connectivity index (χ2v) is 8.03. The fraction of sp³-hybridized carbons (Fsp3) is 0.310. The Morgan fingerprint density at radius 2 is 1.38 bits per heavy atom. The molecule has 1 atom stereocenters. The van der Waals surface area contributed by atoms with Crippen LogP contribution in [0.1, 0.15) is 55.7 Å². The van der Waals surface area contributed by atoms with Crippen molar-refractivity contribution in [2.75, 3.05) is 0 Å². The molecule has 0 bridgehead atoms. The third-order valence-corrected chi connectivity index (χ3v) is 5.31. The van der Waals surface area contributed by atoms with Crippen LogP contribution in [0.25, 0.3) is 6.08 Å². The molecule has 3 heteroatoms. The van der Waals surface area contributed by atoms with Crippen LogP contribution >= 0.6 is 0 Å². The maximum atomic E-state index is 10.3. The minimum Gasteiger partial charge on any atom is -0.485 e. The van der Waals surface area contributed by atoms with Crippen LogP contribution in [0.5, 0.6) is 11.5 Å². The van der Waals surface area contributed by atoms with Crippen molar-refractivity contribution in [1.29, 1.82) is 0 Å². The normalized spacial score (nSPS) is 12.1. The van der Waals surface area contributed by atoms with Gasteiger partial charge in [-0.3, -0.25) is 0 Å². The summed E-state index contributed by atoms with van der Waals surface area (Å²) in [5, 5.41) is 10.3. The van der Waals surface area contributed by atoms with Crippen molar-refractivity contribution >= 4 is 6.08 Å². The molecule has 0 heterocycles. The van der Waals surface area contributed by atoms with Gasteiger partial charge >= 0.3 is 0 Å². The third kappa shape index (κ3) is 8.24. The first-order valence-electron chi connectivity index (χ1n) is 11.6. The molecule has 0 amide bonds. The molecule has 0 saturated carbocycles. The zero-order valence-electron chi connectivity index (χ0n) is 19.0. The maximum absolute atomic E-state index is 10.3. The van der Waals surface area contributed by atoms with E-state index in [0.717, 1.165) is 29.5 Å². The Bertz CT molecular complexity index is 935. The molecule has 168 valence electrons. The van der Waals surface area contributed by atoms with E-state index in [1.807, 2.05) is 91.0 Å². The van der Waals surface area contributed by atoms with Crippen molar-refractivity contribution in [3.8, 4) is 11.5 Å². The van der Waals surface area contributed by atoms with Crippen LogP contribution in [0.15, 0.2) is 84.9 Å². The summed E-state index contributed by atoms with van der Waals surface area (Å²) < 4.78 is 12.2. The SMILES string of the molecule is CCCCCCC(O)/C=C/c1ccc(OCc2ccccc2)c(OCc2ccccc2)c1. The van der Waals surface area contributed by atoms with E-state index >= 15 is 0 Å². The fourth-order valence-electron chi connectivity index (χ4n) is 3.43. The molecule has 1 N–H and O–H groups in total. The molecule has 3 aromatic carbocycles. The molecule has 0 aromatic heterocycles. The summed E-state index contributed by atoms with van der Waals surface area (Å²) in [7, 11) is 0. The molecule has 0 aliphatic rings. The predicted molar refractivity (Wildman–Crippen MR) is 132 cm³/mol. The highest BCUT2D eigenvalue weighted by Gasteiger charge is 2.08. The number of hydrogen-bond donors (Lipinski definition) is 1. The standard InChI is InChI=1S/C29H34O3/c1-2-3-4-11-16-27(30)19-17-24-18-20-28(31-22-25-12-7-5-8-13-25)29(21-24)32-23-26-14-9-6-10-15-26/h5-10,12-15,17-21,27,30H,2-4,11,16,22-23H2,1H3/b19-17+. The van der Waals surface area contributed by atoms with Gasteiger partial charge in [0.2, 0.25) is 0 Å².